The van der Waals surface area contributed by atoms with Crippen molar-refractivity contribution in [3.05, 3.63) is 59.7 Å². The minimum Gasteiger partial charge on any atom is -0.340 e. The number of anilines is 2. The molecule has 25 heavy (non-hydrogen) atoms. The minimum absolute atomic E-state index is 0.0386. The van der Waals surface area contributed by atoms with Gasteiger partial charge in [0.25, 0.3) is 0 Å². The van der Waals surface area contributed by atoms with Gasteiger partial charge in [0, 0.05) is 24.1 Å². The van der Waals surface area contributed by atoms with E-state index in [9.17, 15) is 13.2 Å². The number of halogens is 3. The summed E-state index contributed by atoms with van der Waals surface area (Å²) in [6, 6.07) is 6.52. The van der Waals surface area contributed by atoms with Crippen LogP contribution in [0.4, 0.5) is 24.7 Å². The summed E-state index contributed by atoms with van der Waals surface area (Å²) >= 11 is 0. The third kappa shape index (κ3) is 3.90. The van der Waals surface area contributed by atoms with Crippen molar-refractivity contribution >= 4 is 11.5 Å². The summed E-state index contributed by atoms with van der Waals surface area (Å²) in [6.45, 7) is 3.76. The van der Waals surface area contributed by atoms with Gasteiger partial charge in [-0.05, 0) is 31.0 Å². The highest BCUT2D eigenvalue weighted by molar-refractivity contribution is 5.63. The molecule has 0 amide bonds. The Morgan fingerprint density at radius 3 is 2.48 bits per heavy atom. The molecular formula is C17H14F3N5. The van der Waals surface area contributed by atoms with Crippen LogP contribution in [0.2, 0.25) is 0 Å². The van der Waals surface area contributed by atoms with Crippen molar-refractivity contribution < 1.29 is 13.2 Å². The van der Waals surface area contributed by atoms with Crippen molar-refractivity contribution in [2.24, 2.45) is 0 Å². The van der Waals surface area contributed by atoms with Crippen LogP contribution in [0.1, 0.15) is 16.8 Å². The lowest BCUT2D eigenvalue weighted by atomic mass is 10.1. The molecule has 5 nitrogen and oxygen atoms in total. The molecule has 1 N–H and O–H groups in total. The molecule has 2 heterocycles. The number of hydrogen-bond donors (Lipinski definition) is 1. The topological polar surface area (TPSA) is 63.6 Å². The van der Waals surface area contributed by atoms with Gasteiger partial charge in [-0.15, -0.1) is 0 Å². The van der Waals surface area contributed by atoms with Crippen LogP contribution in [0.25, 0.3) is 11.5 Å². The SMILES string of the molecule is Cc1ccc(C)c(Nc2cc(C(F)(F)F)nc(-c3cnccn3)n2)c1. The van der Waals surface area contributed by atoms with Gasteiger partial charge in [0.15, 0.2) is 11.5 Å². The van der Waals surface area contributed by atoms with E-state index < -0.39 is 11.9 Å². The highest BCUT2D eigenvalue weighted by atomic mass is 19.4. The Kier molecular flexibility index (Phi) is 4.35. The fourth-order valence-electron chi connectivity index (χ4n) is 2.19. The zero-order valence-corrected chi connectivity index (χ0v) is 13.5. The first-order valence-corrected chi connectivity index (χ1v) is 7.40. The first-order valence-electron chi connectivity index (χ1n) is 7.40. The monoisotopic (exact) mass is 345 g/mol. The summed E-state index contributed by atoms with van der Waals surface area (Å²) < 4.78 is 39.6. The number of alkyl halides is 3. The molecular weight excluding hydrogens is 331 g/mol. The third-order valence-corrected chi connectivity index (χ3v) is 3.46. The number of nitrogens with one attached hydrogen (secondary N) is 1. The number of nitrogens with zero attached hydrogens (tertiary/aromatic N) is 4. The average molecular weight is 345 g/mol. The molecule has 1 aromatic carbocycles. The van der Waals surface area contributed by atoms with E-state index in [0.717, 1.165) is 17.2 Å². The summed E-state index contributed by atoms with van der Waals surface area (Å²) in [7, 11) is 0. The summed E-state index contributed by atoms with van der Waals surface area (Å²) in [6.07, 6.45) is -0.488. The van der Waals surface area contributed by atoms with E-state index in [4.69, 9.17) is 0 Å². The lowest BCUT2D eigenvalue weighted by molar-refractivity contribution is -0.141. The smallest absolute Gasteiger partial charge is 0.340 e. The molecule has 0 spiro atoms. The molecule has 0 aliphatic rings. The van der Waals surface area contributed by atoms with E-state index in [1.165, 1.54) is 18.6 Å². The maximum atomic E-state index is 13.2. The molecule has 2 aromatic heterocycles. The second-order valence-corrected chi connectivity index (χ2v) is 5.49. The molecule has 0 unspecified atom stereocenters. The standard InChI is InChI=1S/C17H14F3N5/c1-10-3-4-11(2)12(7-10)23-15-8-14(17(18,19)20)24-16(25-15)13-9-21-5-6-22-13/h3-9H,1-2H3,(H,23,24,25). The Bertz CT molecular complexity index is 895. The fourth-order valence-corrected chi connectivity index (χ4v) is 2.19. The Balaban J connectivity index is 2.08. The number of aromatic nitrogens is 4. The quantitative estimate of drug-likeness (QED) is 0.766. The number of aryl methyl sites for hydroxylation is 2. The van der Waals surface area contributed by atoms with Crippen molar-refractivity contribution in [1.29, 1.82) is 0 Å². The van der Waals surface area contributed by atoms with Gasteiger partial charge < -0.3 is 5.32 Å². The molecule has 0 aliphatic heterocycles. The van der Waals surface area contributed by atoms with Crippen molar-refractivity contribution in [1.82, 2.24) is 19.9 Å². The van der Waals surface area contributed by atoms with Gasteiger partial charge in [-0.3, -0.25) is 4.98 Å². The maximum absolute atomic E-state index is 13.2. The van der Waals surface area contributed by atoms with Crippen molar-refractivity contribution in [3.8, 4) is 11.5 Å². The maximum Gasteiger partial charge on any atom is 0.433 e. The lowest BCUT2D eigenvalue weighted by Crippen LogP contribution is -2.11. The minimum atomic E-state index is -4.60. The fraction of sp³-hybridized carbons (Fsp3) is 0.176. The van der Waals surface area contributed by atoms with Crippen LogP contribution in [0.3, 0.4) is 0 Å². The van der Waals surface area contributed by atoms with Crippen LogP contribution in [0, 0.1) is 13.8 Å². The molecule has 0 saturated carbocycles. The summed E-state index contributed by atoms with van der Waals surface area (Å²) in [4.78, 5) is 15.6. The Labute approximate surface area is 142 Å². The highest BCUT2D eigenvalue weighted by Crippen LogP contribution is 2.31. The molecule has 3 aromatic rings. The predicted molar refractivity (Wildman–Crippen MR) is 87.3 cm³/mol. The van der Waals surface area contributed by atoms with Crippen LogP contribution in [-0.2, 0) is 6.18 Å². The van der Waals surface area contributed by atoms with Crippen molar-refractivity contribution in [3.63, 3.8) is 0 Å². The molecule has 0 bridgehead atoms. The van der Waals surface area contributed by atoms with E-state index in [-0.39, 0.29) is 17.3 Å². The van der Waals surface area contributed by atoms with E-state index in [2.05, 4.69) is 25.3 Å². The van der Waals surface area contributed by atoms with Crippen molar-refractivity contribution in [2.75, 3.05) is 5.32 Å². The summed E-state index contributed by atoms with van der Waals surface area (Å²) in [5, 5.41) is 2.94. The van der Waals surface area contributed by atoms with E-state index in [1.54, 1.807) is 0 Å². The van der Waals surface area contributed by atoms with Gasteiger partial charge in [0.05, 0.1) is 6.20 Å². The lowest BCUT2D eigenvalue weighted by Gasteiger charge is -2.13. The largest absolute Gasteiger partial charge is 0.433 e. The Hall–Kier alpha value is -3.03. The van der Waals surface area contributed by atoms with Crippen LogP contribution in [0.5, 0.6) is 0 Å². The Morgan fingerprint density at radius 2 is 1.80 bits per heavy atom. The van der Waals surface area contributed by atoms with E-state index in [1.807, 2.05) is 32.0 Å². The van der Waals surface area contributed by atoms with Crippen LogP contribution in [0.15, 0.2) is 42.9 Å². The first kappa shape index (κ1) is 16.8. The van der Waals surface area contributed by atoms with Gasteiger partial charge in [0.1, 0.15) is 11.5 Å². The molecule has 0 fully saturated rings. The van der Waals surface area contributed by atoms with Crippen LogP contribution in [-0.4, -0.2) is 19.9 Å². The summed E-state index contributed by atoms with van der Waals surface area (Å²) in [5.41, 5.74) is 1.66. The molecule has 0 aliphatic carbocycles. The van der Waals surface area contributed by atoms with Gasteiger partial charge >= 0.3 is 6.18 Å². The van der Waals surface area contributed by atoms with Crippen molar-refractivity contribution in [2.45, 2.75) is 20.0 Å². The predicted octanol–water partition coefficient (Wildman–Crippen LogP) is 4.31. The van der Waals surface area contributed by atoms with Crippen LogP contribution < -0.4 is 5.32 Å². The molecule has 128 valence electrons. The first-order chi connectivity index (χ1) is 11.8. The van der Waals surface area contributed by atoms with E-state index in [0.29, 0.717) is 5.69 Å². The zero-order chi connectivity index (χ0) is 18.0. The Morgan fingerprint density at radius 1 is 1.00 bits per heavy atom. The normalized spacial score (nSPS) is 11.4. The second kappa shape index (κ2) is 6.46. The molecule has 8 heteroatoms. The van der Waals surface area contributed by atoms with Gasteiger partial charge in [-0.1, -0.05) is 12.1 Å². The zero-order valence-electron chi connectivity index (χ0n) is 13.5. The molecule has 3 rings (SSSR count). The average Bonchev–Trinajstić information content (AvgIpc) is 2.58. The highest BCUT2D eigenvalue weighted by Gasteiger charge is 2.34. The van der Waals surface area contributed by atoms with Gasteiger partial charge in [0.2, 0.25) is 0 Å². The third-order valence-electron chi connectivity index (χ3n) is 3.46. The van der Waals surface area contributed by atoms with Gasteiger partial charge in [-0.2, -0.15) is 13.2 Å². The summed E-state index contributed by atoms with van der Waals surface area (Å²) in [5.74, 6) is -0.104. The number of benzene rings is 1. The van der Waals surface area contributed by atoms with Crippen LogP contribution >= 0.6 is 0 Å². The number of rotatable bonds is 3. The molecule has 0 saturated heterocycles. The van der Waals surface area contributed by atoms with E-state index >= 15 is 0 Å². The number of hydrogen-bond acceptors (Lipinski definition) is 5. The van der Waals surface area contributed by atoms with Gasteiger partial charge in [-0.25, -0.2) is 15.0 Å². The second-order valence-electron chi connectivity index (χ2n) is 5.49. The molecule has 0 radical (unpaired) electrons. The molecule has 0 atom stereocenters.